The van der Waals surface area contributed by atoms with Crippen molar-refractivity contribution in [3.8, 4) is 0 Å². The van der Waals surface area contributed by atoms with Gasteiger partial charge in [-0.2, -0.15) is 0 Å². The molecule has 2 aromatic rings. The number of rotatable bonds is 5. The molecule has 1 aliphatic carbocycles. The molecule has 0 heterocycles. The topological polar surface area (TPSA) is 37.3 Å². The highest BCUT2D eigenvalue weighted by Crippen LogP contribution is 2.43. The van der Waals surface area contributed by atoms with Crippen LogP contribution in [0.5, 0.6) is 0 Å². The van der Waals surface area contributed by atoms with Crippen molar-refractivity contribution in [1.29, 1.82) is 0 Å². The second-order valence-electron chi connectivity index (χ2n) is 7.04. The lowest BCUT2D eigenvalue weighted by atomic mass is 9.67. The molecule has 3 heteroatoms. The second kappa shape index (κ2) is 7.49. The largest absolute Gasteiger partial charge is 0.380 e. The van der Waals surface area contributed by atoms with Crippen LogP contribution in [0.1, 0.15) is 73.0 Å². The molecule has 1 fully saturated rings. The third kappa shape index (κ3) is 3.38. The van der Waals surface area contributed by atoms with Gasteiger partial charge in [-0.05, 0) is 41.9 Å². The fourth-order valence-electron chi connectivity index (χ4n) is 4.11. The van der Waals surface area contributed by atoms with Crippen LogP contribution in [-0.2, 0) is 5.41 Å². The SMILES string of the molecule is CCC1(c2cccc(C(=O)C(O)c3ccccc3)c2F)CCCCC1. The summed E-state index contributed by atoms with van der Waals surface area (Å²) in [5.74, 6) is -1.03. The molecular weight excluding hydrogens is 315 g/mol. The van der Waals surface area contributed by atoms with Crippen molar-refractivity contribution in [3.63, 3.8) is 0 Å². The number of carbonyl (C=O) groups excluding carboxylic acids is 1. The molecule has 25 heavy (non-hydrogen) atoms. The predicted molar refractivity (Wildman–Crippen MR) is 97.2 cm³/mol. The average Bonchev–Trinajstić information content (AvgIpc) is 2.68. The van der Waals surface area contributed by atoms with E-state index in [1.54, 1.807) is 30.3 Å². The number of carbonyl (C=O) groups is 1. The molecule has 0 aliphatic heterocycles. The zero-order valence-electron chi connectivity index (χ0n) is 14.7. The molecule has 0 bridgehead atoms. The Balaban J connectivity index is 1.97. The van der Waals surface area contributed by atoms with Crippen molar-refractivity contribution in [2.75, 3.05) is 0 Å². The van der Waals surface area contributed by atoms with Crippen LogP contribution in [0.15, 0.2) is 48.5 Å². The van der Waals surface area contributed by atoms with E-state index < -0.39 is 17.7 Å². The van der Waals surface area contributed by atoms with E-state index in [1.165, 1.54) is 12.5 Å². The Bertz CT molecular complexity index is 733. The van der Waals surface area contributed by atoms with E-state index in [0.717, 1.165) is 32.1 Å². The molecule has 1 N–H and O–H groups in total. The molecule has 2 aromatic carbocycles. The molecule has 3 rings (SSSR count). The lowest BCUT2D eigenvalue weighted by molar-refractivity contribution is 0.0742. The van der Waals surface area contributed by atoms with Gasteiger partial charge in [0.15, 0.2) is 5.78 Å². The van der Waals surface area contributed by atoms with E-state index in [0.29, 0.717) is 11.1 Å². The Morgan fingerprint density at radius 3 is 2.40 bits per heavy atom. The van der Waals surface area contributed by atoms with Crippen LogP contribution in [0.3, 0.4) is 0 Å². The van der Waals surface area contributed by atoms with Gasteiger partial charge < -0.3 is 5.11 Å². The smallest absolute Gasteiger partial charge is 0.198 e. The van der Waals surface area contributed by atoms with Crippen LogP contribution in [0.2, 0.25) is 0 Å². The molecule has 0 saturated heterocycles. The van der Waals surface area contributed by atoms with Gasteiger partial charge in [-0.3, -0.25) is 4.79 Å². The summed E-state index contributed by atoms with van der Waals surface area (Å²) in [6, 6.07) is 13.7. The number of hydrogen-bond acceptors (Lipinski definition) is 2. The maximum Gasteiger partial charge on any atom is 0.198 e. The maximum absolute atomic E-state index is 15.3. The molecule has 132 valence electrons. The van der Waals surface area contributed by atoms with Crippen LogP contribution in [0.25, 0.3) is 0 Å². The Morgan fingerprint density at radius 1 is 1.08 bits per heavy atom. The summed E-state index contributed by atoms with van der Waals surface area (Å²) in [5, 5.41) is 10.4. The van der Waals surface area contributed by atoms with Crippen molar-refractivity contribution in [1.82, 2.24) is 0 Å². The van der Waals surface area contributed by atoms with Crippen LogP contribution >= 0.6 is 0 Å². The summed E-state index contributed by atoms with van der Waals surface area (Å²) in [6.07, 6.45) is 4.82. The van der Waals surface area contributed by atoms with Crippen molar-refractivity contribution >= 4 is 5.78 Å². The minimum Gasteiger partial charge on any atom is -0.380 e. The molecule has 0 spiro atoms. The van der Waals surface area contributed by atoms with Crippen molar-refractivity contribution in [2.24, 2.45) is 0 Å². The molecule has 1 saturated carbocycles. The highest BCUT2D eigenvalue weighted by atomic mass is 19.1. The number of benzene rings is 2. The quantitative estimate of drug-likeness (QED) is 0.745. The van der Waals surface area contributed by atoms with Gasteiger partial charge in [0.1, 0.15) is 11.9 Å². The Hall–Kier alpha value is -2.00. The lowest BCUT2D eigenvalue weighted by Gasteiger charge is -2.37. The average molecular weight is 340 g/mol. The summed E-state index contributed by atoms with van der Waals surface area (Å²) in [5.41, 5.74) is 0.935. The summed E-state index contributed by atoms with van der Waals surface area (Å²) >= 11 is 0. The van der Waals surface area contributed by atoms with Gasteiger partial charge in [-0.15, -0.1) is 0 Å². The molecule has 2 nitrogen and oxygen atoms in total. The standard InChI is InChI=1S/C22H25FO2/c1-2-22(14-7-4-8-15-22)18-13-9-12-17(19(18)23)21(25)20(24)16-10-5-3-6-11-16/h3,5-6,9-13,20,24H,2,4,7-8,14-15H2,1H3. The van der Waals surface area contributed by atoms with E-state index >= 15 is 4.39 Å². The number of aliphatic hydroxyl groups is 1. The number of ketones is 1. The lowest BCUT2D eigenvalue weighted by Crippen LogP contribution is -2.30. The van der Waals surface area contributed by atoms with Crippen LogP contribution < -0.4 is 0 Å². The fraction of sp³-hybridized carbons (Fsp3) is 0.409. The Labute approximate surface area is 148 Å². The van der Waals surface area contributed by atoms with Gasteiger partial charge in [0, 0.05) is 0 Å². The van der Waals surface area contributed by atoms with Crippen LogP contribution in [0, 0.1) is 5.82 Å². The van der Waals surface area contributed by atoms with E-state index in [-0.39, 0.29) is 11.0 Å². The van der Waals surface area contributed by atoms with Gasteiger partial charge in [0.05, 0.1) is 5.56 Å². The molecule has 1 unspecified atom stereocenters. The van der Waals surface area contributed by atoms with Gasteiger partial charge in [0.2, 0.25) is 0 Å². The highest BCUT2D eigenvalue weighted by molar-refractivity contribution is 6.00. The third-order valence-corrected chi connectivity index (χ3v) is 5.69. The Morgan fingerprint density at radius 2 is 1.76 bits per heavy atom. The van der Waals surface area contributed by atoms with Crippen molar-refractivity contribution < 1.29 is 14.3 Å². The fourth-order valence-corrected chi connectivity index (χ4v) is 4.11. The van der Waals surface area contributed by atoms with E-state index in [2.05, 4.69) is 6.92 Å². The zero-order valence-corrected chi connectivity index (χ0v) is 14.7. The molecular formula is C22H25FO2. The van der Waals surface area contributed by atoms with Crippen molar-refractivity contribution in [3.05, 3.63) is 71.0 Å². The monoisotopic (exact) mass is 340 g/mol. The summed E-state index contributed by atoms with van der Waals surface area (Å²) in [4.78, 5) is 12.7. The number of hydrogen-bond donors (Lipinski definition) is 1. The van der Waals surface area contributed by atoms with Gasteiger partial charge >= 0.3 is 0 Å². The first-order valence-electron chi connectivity index (χ1n) is 9.15. The molecule has 0 amide bonds. The minimum absolute atomic E-state index is 0.00717. The Kier molecular flexibility index (Phi) is 5.33. The van der Waals surface area contributed by atoms with E-state index in [9.17, 15) is 9.90 Å². The number of aliphatic hydroxyl groups excluding tert-OH is 1. The summed E-state index contributed by atoms with van der Waals surface area (Å²) in [7, 11) is 0. The number of halogens is 1. The van der Waals surface area contributed by atoms with Gasteiger partial charge in [-0.25, -0.2) is 4.39 Å². The van der Waals surface area contributed by atoms with Crippen LogP contribution in [-0.4, -0.2) is 10.9 Å². The van der Waals surface area contributed by atoms with Gasteiger partial charge in [0.25, 0.3) is 0 Å². The first kappa shape index (κ1) is 17.8. The van der Waals surface area contributed by atoms with Crippen molar-refractivity contribution in [2.45, 2.75) is 57.0 Å². The summed E-state index contributed by atoms with van der Waals surface area (Å²) in [6.45, 7) is 2.10. The van der Waals surface area contributed by atoms with Gasteiger partial charge in [-0.1, -0.05) is 68.7 Å². The number of Topliss-reactive ketones (excluding diaryl/α,β-unsaturated/α-hetero) is 1. The second-order valence-corrected chi connectivity index (χ2v) is 7.04. The maximum atomic E-state index is 15.3. The third-order valence-electron chi connectivity index (χ3n) is 5.69. The molecule has 1 atom stereocenters. The predicted octanol–water partition coefficient (Wildman–Crippen LogP) is 5.35. The molecule has 1 aliphatic rings. The molecule has 0 aromatic heterocycles. The van der Waals surface area contributed by atoms with E-state index in [4.69, 9.17) is 0 Å². The highest BCUT2D eigenvalue weighted by Gasteiger charge is 2.36. The molecule has 0 radical (unpaired) electrons. The first-order chi connectivity index (χ1) is 12.1. The van der Waals surface area contributed by atoms with Crippen LogP contribution in [0.4, 0.5) is 4.39 Å². The zero-order chi connectivity index (χ0) is 17.9. The minimum atomic E-state index is -1.34. The van der Waals surface area contributed by atoms with E-state index in [1.807, 2.05) is 12.1 Å². The normalized spacial score (nSPS) is 17.9. The summed E-state index contributed by atoms with van der Waals surface area (Å²) < 4.78 is 15.3. The first-order valence-corrected chi connectivity index (χ1v) is 9.15.